The van der Waals surface area contributed by atoms with E-state index in [1.54, 1.807) is 0 Å². The maximum Gasteiger partial charge on any atom is 0.351 e. The smallest absolute Gasteiger partial charge is 0.351 e. The number of hydrogen-bond donors (Lipinski definition) is 3. The van der Waals surface area contributed by atoms with E-state index in [9.17, 15) is 14.3 Å². The van der Waals surface area contributed by atoms with E-state index in [0.29, 0.717) is 0 Å². The summed E-state index contributed by atoms with van der Waals surface area (Å²) in [5.74, 6) is -0.0347. The Labute approximate surface area is 106 Å². The van der Waals surface area contributed by atoms with Gasteiger partial charge in [0.25, 0.3) is 5.13 Å². The first-order valence-electron chi connectivity index (χ1n) is 5.04. The van der Waals surface area contributed by atoms with Gasteiger partial charge in [-0.15, -0.1) is 0 Å². The molecule has 4 atom stereocenters. The van der Waals surface area contributed by atoms with Gasteiger partial charge in [-0.2, -0.15) is 4.98 Å². The summed E-state index contributed by atoms with van der Waals surface area (Å²) < 4.78 is 19.9. The highest BCUT2D eigenvalue weighted by Gasteiger charge is 2.57. The molecule has 0 unspecified atom stereocenters. The fourth-order valence-electron chi connectivity index (χ4n) is 1.72. The molecule has 0 radical (unpaired) electrons. The molecular formula is C9H11ClFN3O4. The largest absolute Gasteiger partial charge is 0.394 e. The summed E-state index contributed by atoms with van der Waals surface area (Å²) in [6.07, 6.45) is -3.43. The second-order valence-electron chi connectivity index (χ2n) is 3.87. The maximum absolute atomic E-state index is 14.1. The van der Waals surface area contributed by atoms with Crippen LogP contribution in [0.5, 0.6) is 0 Å². The fourth-order valence-corrected chi connectivity index (χ4v) is 2.02. The average Bonchev–Trinajstić information content (AvgIpc) is 2.52. The Morgan fingerprint density at radius 3 is 2.89 bits per heavy atom. The highest BCUT2D eigenvalue weighted by Crippen LogP contribution is 2.43. The minimum atomic E-state index is -2.74. The van der Waals surface area contributed by atoms with E-state index < -0.39 is 35.9 Å². The second-order valence-corrected chi connectivity index (χ2v) is 4.45. The van der Waals surface area contributed by atoms with Crippen LogP contribution in [-0.2, 0) is 4.74 Å². The van der Waals surface area contributed by atoms with Gasteiger partial charge < -0.3 is 20.7 Å². The zero-order valence-corrected chi connectivity index (χ0v) is 9.79. The molecule has 0 saturated carbocycles. The summed E-state index contributed by atoms with van der Waals surface area (Å²) in [7, 11) is 0. The normalized spacial score (nSPS) is 35.9. The number of anilines is 1. The first kappa shape index (κ1) is 13.2. The Kier molecular flexibility index (Phi) is 3.28. The van der Waals surface area contributed by atoms with Crippen LogP contribution in [0.25, 0.3) is 0 Å². The quantitative estimate of drug-likeness (QED) is 0.598. The third kappa shape index (κ3) is 1.97. The van der Waals surface area contributed by atoms with Gasteiger partial charge in [-0.3, -0.25) is 4.57 Å². The van der Waals surface area contributed by atoms with E-state index in [4.69, 9.17) is 27.2 Å². The van der Waals surface area contributed by atoms with E-state index in [1.807, 2.05) is 0 Å². The molecule has 0 bridgehead atoms. The Morgan fingerprint density at radius 1 is 1.72 bits per heavy atom. The lowest BCUT2D eigenvalue weighted by atomic mass is 10.1. The Morgan fingerprint density at radius 2 is 2.39 bits per heavy atom. The SMILES string of the molecule is Nc1ccn([C@@H]2O[C@H](CO)[C@H](O)[C@]2(F)Cl)c(=O)n1. The molecule has 1 aromatic rings. The molecule has 1 saturated heterocycles. The molecule has 4 N–H and O–H groups in total. The third-order valence-electron chi connectivity index (χ3n) is 2.66. The lowest BCUT2D eigenvalue weighted by molar-refractivity contribution is -0.0517. The highest BCUT2D eigenvalue weighted by atomic mass is 35.5. The summed E-state index contributed by atoms with van der Waals surface area (Å²) in [6, 6.07) is 1.26. The summed E-state index contributed by atoms with van der Waals surface area (Å²) >= 11 is 5.53. The van der Waals surface area contributed by atoms with E-state index >= 15 is 0 Å². The van der Waals surface area contributed by atoms with Crippen molar-refractivity contribution in [1.82, 2.24) is 9.55 Å². The molecule has 0 aromatic carbocycles. The zero-order valence-electron chi connectivity index (χ0n) is 9.03. The van der Waals surface area contributed by atoms with Gasteiger partial charge in [0.1, 0.15) is 18.0 Å². The molecule has 0 amide bonds. The standard InChI is InChI=1S/C9H11ClFN3O4/c10-9(11)6(16)4(3-15)18-7(9)14-2-1-5(12)13-8(14)17/h1-2,4,6-7,15-16H,3H2,(H2,12,13,17)/t4-,6+,7-,9-/m1/s1. The van der Waals surface area contributed by atoms with E-state index in [2.05, 4.69) is 4.98 Å². The lowest BCUT2D eigenvalue weighted by Gasteiger charge is -2.22. The number of alkyl halides is 2. The van der Waals surface area contributed by atoms with Gasteiger partial charge >= 0.3 is 5.69 Å². The predicted octanol–water partition coefficient (Wildman–Crippen LogP) is -1.02. The topological polar surface area (TPSA) is 111 Å². The molecule has 100 valence electrons. The average molecular weight is 280 g/mol. The van der Waals surface area contributed by atoms with Crippen LogP contribution in [-0.4, -0.2) is 43.7 Å². The third-order valence-corrected chi connectivity index (χ3v) is 3.07. The maximum atomic E-state index is 14.1. The van der Waals surface area contributed by atoms with Gasteiger partial charge in [-0.05, 0) is 6.07 Å². The van der Waals surface area contributed by atoms with Crippen molar-refractivity contribution in [3.05, 3.63) is 22.7 Å². The van der Waals surface area contributed by atoms with Crippen LogP contribution in [0.15, 0.2) is 17.1 Å². The number of rotatable bonds is 2. The van der Waals surface area contributed by atoms with Gasteiger partial charge in [0.05, 0.1) is 6.61 Å². The molecule has 18 heavy (non-hydrogen) atoms. The van der Waals surface area contributed by atoms with E-state index in [0.717, 1.165) is 10.8 Å². The molecule has 1 aromatic heterocycles. The summed E-state index contributed by atoms with van der Waals surface area (Å²) in [6.45, 7) is -0.632. The Hall–Kier alpha value is -1.22. The Bertz CT molecular complexity index is 509. The van der Waals surface area contributed by atoms with Gasteiger partial charge in [-0.1, -0.05) is 11.6 Å². The molecule has 2 rings (SSSR count). The second kappa shape index (κ2) is 4.47. The Balaban J connectivity index is 2.42. The van der Waals surface area contributed by atoms with Crippen LogP contribution in [0, 0.1) is 0 Å². The van der Waals surface area contributed by atoms with Crippen molar-refractivity contribution < 1.29 is 19.3 Å². The summed E-state index contributed by atoms with van der Waals surface area (Å²) in [5.41, 5.74) is 4.43. The van der Waals surface area contributed by atoms with E-state index in [1.165, 1.54) is 6.07 Å². The van der Waals surface area contributed by atoms with Crippen molar-refractivity contribution in [3.63, 3.8) is 0 Å². The number of nitrogen functional groups attached to an aromatic ring is 1. The highest BCUT2D eigenvalue weighted by molar-refractivity contribution is 6.23. The first-order valence-corrected chi connectivity index (χ1v) is 5.42. The lowest BCUT2D eigenvalue weighted by Crippen LogP contribution is -2.41. The van der Waals surface area contributed by atoms with Crippen LogP contribution in [0.1, 0.15) is 6.23 Å². The number of aromatic nitrogens is 2. The molecule has 7 nitrogen and oxygen atoms in total. The number of nitrogens with zero attached hydrogens (tertiary/aromatic N) is 2. The van der Waals surface area contributed by atoms with Crippen molar-refractivity contribution >= 4 is 17.4 Å². The van der Waals surface area contributed by atoms with Crippen molar-refractivity contribution in [2.75, 3.05) is 12.3 Å². The monoisotopic (exact) mass is 279 g/mol. The van der Waals surface area contributed by atoms with Gasteiger partial charge in [0.2, 0.25) is 0 Å². The van der Waals surface area contributed by atoms with Gasteiger partial charge in [0, 0.05) is 6.20 Å². The fraction of sp³-hybridized carbons (Fsp3) is 0.556. The van der Waals surface area contributed by atoms with Gasteiger partial charge in [0.15, 0.2) is 6.23 Å². The number of halogens is 2. The van der Waals surface area contributed by atoms with Crippen LogP contribution < -0.4 is 11.4 Å². The molecule has 0 spiro atoms. The number of aliphatic hydroxyl groups excluding tert-OH is 2. The van der Waals surface area contributed by atoms with E-state index in [-0.39, 0.29) is 5.82 Å². The molecule has 1 aliphatic rings. The minimum absolute atomic E-state index is 0.0347. The van der Waals surface area contributed by atoms with Crippen LogP contribution in [0.3, 0.4) is 0 Å². The van der Waals surface area contributed by atoms with Crippen molar-refractivity contribution in [2.24, 2.45) is 0 Å². The summed E-state index contributed by atoms with van der Waals surface area (Å²) in [4.78, 5) is 14.9. The van der Waals surface area contributed by atoms with Crippen LogP contribution in [0.4, 0.5) is 10.2 Å². The molecule has 9 heteroatoms. The molecular weight excluding hydrogens is 269 g/mol. The number of hydrogen-bond acceptors (Lipinski definition) is 6. The molecule has 1 aliphatic heterocycles. The molecule has 2 heterocycles. The number of aliphatic hydroxyl groups is 2. The van der Waals surface area contributed by atoms with Crippen molar-refractivity contribution in [1.29, 1.82) is 0 Å². The van der Waals surface area contributed by atoms with Crippen molar-refractivity contribution in [2.45, 2.75) is 23.6 Å². The first-order chi connectivity index (χ1) is 8.37. The predicted molar refractivity (Wildman–Crippen MR) is 59.6 cm³/mol. The number of nitrogens with two attached hydrogens (primary N) is 1. The van der Waals surface area contributed by atoms with Crippen molar-refractivity contribution in [3.8, 4) is 0 Å². The zero-order chi connectivity index (χ0) is 13.5. The molecule has 0 aliphatic carbocycles. The van der Waals surface area contributed by atoms with Gasteiger partial charge in [-0.25, -0.2) is 9.18 Å². The minimum Gasteiger partial charge on any atom is -0.394 e. The molecule has 1 fully saturated rings. The number of ether oxygens (including phenoxy) is 1. The summed E-state index contributed by atoms with van der Waals surface area (Å²) in [5, 5.41) is 15.7. The van der Waals surface area contributed by atoms with Crippen LogP contribution in [0.2, 0.25) is 0 Å². The van der Waals surface area contributed by atoms with Crippen LogP contribution >= 0.6 is 11.6 Å².